The summed E-state index contributed by atoms with van der Waals surface area (Å²) in [4.78, 5) is 10.9. The van der Waals surface area contributed by atoms with Gasteiger partial charge < -0.3 is 15.2 Å². The van der Waals surface area contributed by atoms with Crippen molar-refractivity contribution in [1.29, 1.82) is 0 Å². The van der Waals surface area contributed by atoms with Crippen molar-refractivity contribution in [2.75, 3.05) is 19.0 Å². The summed E-state index contributed by atoms with van der Waals surface area (Å²) in [6.07, 6.45) is 0.505. The van der Waals surface area contributed by atoms with Crippen molar-refractivity contribution in [3.8, 4) is 5.75 Å². The van der Waals surface area contributed by atoms with Gasteiger partial charge in [0.2, 0.25) is 0 Å². The molecule has 4 nitrogen and oxygen atoms in total. The van der Waals surface area contributed by atoms with Crippen molar-refractivity contribution < 1.29 is 19.0 Å². The molecule has 0 bridgehead atoms. The first kappa shape index (κ1) is 9.76. The SMILES string of the molecule is COc1cc2c(c(F)c1C(=O)O)CCN2. The average Bonchev–Trinajstić information content (AvgIpc) is 2.64. The number of carboxylic acid groups (broad SMARTS) is 1. The maximum Gasteiger partial charge on any atom is 0.342 e. The molecule has 1 aliphatic heterocycles. The number of benzene rings is 1. The first-order valence-corrected chi connectivity index (χ1v) is 4.51. The molecular formula is C10H10FNO3. The predicted molar refractivity (Wildman–Crippen MR) is 52.1 cm³/mol. The van der Waals surface area contributed by atoms with Crippen LogP contribution in [0, 0.1) is 5.82 Å². The molecule has 80 valence electrons. The van der Waals surface area contributed by atoms with Gasteiger partial charge in [-0.2, -0.15) is 0 Å². The molecule has 1 aromatic carbocycles. The first-order chi connectivity index (χ1) is 7.15. The maximum atomic E-state index is 13.8. The number of ether oxygens (including phenoxy) is 1. The first-order valence-electron chi connectivity index (χ1n) is 4.51. The van der Waals surface area contributed by atoms with Gasteiger partial charge in [0.25, 0.3) is 0 Å². The molecule has 0 aliphatic carbocycles. The van der Waals surface area contributed by atoms with Gasteiger partial charge in [-0.25, -0.2) is 9.18 Å². The summed E-state index contributed by atoms with van der Waals surface area (Å²) in [6, 6.07) is 1.52. The summed E-state index contributed by atoms with van der Waals surface area (Å²) >= 11 is 0. The number of fused-ring (bicyclic) bond motifs is 1. The van der Waals surface area contributed by atoms with Crippen LogP contribution in [0.4, 0.5) is 10.1 Å². The number of rotatable bonds is 2. The monoisotopic (exact) mass is 211 g/mol. The van der Waals surface area contributed by atoms with E-state index >= 15 is 0 Å². The van der Waals surface area contributed by atoms with E-state index in [9.17, 15) is 9.18 Å². The fraction of sp³-hybridized carbons (Fsp3) is 0.300. The van der Waals surface area contributed by atoms with Gasteiger partial charge in [-0.3, -0.25) is 0 Å². The van der Waals surface area contributed by atoms with E-state index in [4.69, 9.17) is 9.84 Å². The third-order valence-corrected chi connectivity index (χ3v) is 2.46. The van der Waals surface area contributed by atoms with Gasteiger partial charge in [-0.05, 0) is 6.42 Å². The van der Waals surface area contributed by atoms with Gasteiger partial charge in [0, 0.05) is 23.9 Å². The van der Waals surface area contributed by atoms with Crippen LogP contribution in [0.5, 0.6) is 5.75 Å². The fourth-order valence-electron chi connectivity index (χ4n) is 1.75. The second-order valence-electron chi connectivity index (χ2n) is 3.28. The summed E-state index contributed by atoms with van der Waals surface area (Å²) in [7, 11) is 1.32. The highest BCUT2D eigenvalue weighted by molar-refractivity contribution is 5.92. The number of hydrogen-bond donors (Lipinski definition) is 2. The summed E-state index contributed by atoms with van der Waals surface area (Å²) in [5, 5.41) is 11.8. The molecule has 0 aromatic heterocycles. The van der Waals surface area contributed by atoms with Crippen molar-refractivity contribution in [3.63, 3.8) is 0 Å². The van der Waals surface area contributed by atoms with Crippen molar-refractivity contribution >= 4 is 11.7 Å². The Morgan fingerprint density at radius 2 is 2.40 bits per heavy atom. The van der Waals surface area contributed by atoms with E-state index in [-0.39, 0.29) is 11.3 Å². The summed E-state index contributed by atoms with van der Waals surface area (Å²) in [5.41, 5.74) is 0.655. The molecule has 15 heavy (non-hydrogen) atoms. The molecule has 0 atom stereocenters. The Morgan fingerprint density at radius 3 is 3.00 bits per heavy atom. The van der Waals surface area contributed by atoms with Gasteiger partial charge >= 0.3 is 5.97 Å². The zero-order chi connectivity index (χ0) is 11.0. The molecule has 0 saturated carbocycles. The minimum atomic E-state index is -1.31. The third kappa shape index (κ3) is 1.40. The highest BCUT2D eigenvalue weighted by Crippen LogP contribution is 2.34. The van der Waals surface area contributed by atoms with Crippen LogP contribution in [-0.2, 0) is 6.42 Å². The van der Waals surface area contributed by atoms with Crippen LogP contribution in [0.25, 0.3) is 0 Å². The number of carboxylic acids is 1. The lowest BCUT2D eigenvalue weighted by molar-refractivity contribution is 0.0688. The van der Waals surface area contributed by atoms with Crippen LogP contribution >= 0.6 is 0 Å². The number of halogens is 1. The highest BCUT2D eigenvalue weighted by Gasteiger charge is 2.25. The van der Waals surface area contributed by atoms with Gasteiger partial charge in [-0.15, -0.1) is 0 Å². The lowest BCUT2D eigenvalue weighted by Gasteiger charge is -2.09. The standard InChI is InChI=1S/C10H10FNO3/c1-15-7-4-6-5(2-3-12-6)9(11)8(7)10(13)14/h4,12H,2-3H2,1H3,(H,13,14). The number of carbonyl (C=O) groups is 1. The van der Waals surface area contributed by atoms with E-state index in [2.05, 4.69) is 5.32 Å². The zero-order valence-corrected chi connectivity index (χ0v) is 8.13. The average molecular weight is 211 g/mol. The molecule has 1 aliphatic rings. The Balaban J connectivity index is 2.67. The van der Waals surface area contributed by atoms with Crippen LogP contribution in [0.15, 0.2) is 6.07 Å². The fourth-order valence-corrected chi connectivity index (χ4v) is 1.75. The summed E-state index contributed by atoms with van der Waals surface area (Å²) in [5.74, 6) is -1.95. The molecule has 0 spiro atoms. The molecule has 1 aromatic rings. The topological polar surface area (TPSA) is 58.6 Å². The lowest BCUT2D eigenvalue weighted by Crippen LogP contribution is -2.06. The Hall–Kier alpha value is -1.78. The molecular weight excluding hydrogens is 201 g/mol. The Kier molecular flexibility index (Phi) is 2.22. The summed E-state index contributed by atoms with van der Waals surface area (Å²) in [6.45, 7) is 0.623. The van der Waals surface area contributed by atoms with Crippen LogP contribution in [0.1, 0.15) is 15.9 Å². The second kappa shape index (κ2) is 3.42. The largest absolute Gasteiger partial charge is 0.496 e. The molecule has 1 heterocycles. The number of nitrogens with one attached hydrogen (secondary N) is 1. The number of methoxy groups -OCH3 is 1. The normalized spacial score (nSPS) is 13.2. The van der Waals surface area contributed by atoms with Crippen molar-refractivity contribution in [1.82, 2.24) is 0 Å². The number of aromatic carboxylic acids is 1. The summed E-state index contributed by atoms with van der Waals surface area (Å²) < 4.78 is 18.6. The van der Waals surface area contributed by atoms with E-state index in [0.29, 0.717) is 24.2 Å². The van der Waals surface area contributed by atoms with Crippen LogP contribution < -0.4 is 10.1 Å². The Bertz CT molecular complexity index is 431. The molecule has 2 rings (SSSR count). The van der Waals surface area contributed by atoms with E-state index in [1.807, 2.05) is 0 Å². The lowest BCUT2D eigenvalue weighted by atomic mass is 10.1. The van der Waals surface area contributed by atoms with Gasteiger partial charge in [0.1, 0.15) is 17.1 Å². The van der Waals surface area contributed by atoms with Gasteiger partial charge in [0.05, 0.1) is 7.11 Å². The number of hydrogen-bond acceptors (Lipinski definition) is 3. The van der Waals surface area contributed by atoms with E-state index in [1.165, 1.54) is 13.2 Å². The Labute approximate surface area is 85.7 Å². The third-order valence-electron chi connectivity index (χ3n) is 2.46. The highest BCUT2D eigenvalue weighted by atomic mass is 19.1. The molecule has 2 N–H and O–H groups in total. The minimum Gasteiger partial charge on any atom is -0.496 e. The van der Waals surface area contributed by atoms with Crippen LogP contribution in [-0.4, -0.2) is 24.7 Å². The quantitative estimate of drug-likeness (QED) is 0.778. The zero-order valence-electron chi connectivity index (χ0n) is 8.13. The van der Waals surface area contributed by atoms with Crippen LogP contribution in [0.3, 0.4) is 0 Å². The molecule has 0 amide bonds. The van der Waals surface area contributed by atoms with Gasteiger partial charge in [-0.1, -0.05) is 0 Å². The van der Waals surface area contributed by atoms with E-state index < -0.39 is 11.8 Å². The second-order valence-corrected chi connectivity index (χ2v) is 3.28. The molecule has 5 heteroatoms. The molecule has 0 fully saturated rings. The molecule has 0 radical (unpaired) electrons. The van der Waals surface area contributed by atoms with Crippen molar-refractivity contribution in [2.45, 2.75) is 6.42 Å². The van der Waals surface area contributed by atoms with Crippen LogP contribution in [0.2, 0.25) is 0 Å². The van der Waals surface area contributed by atoms with E-state index in [0.717, 1.165) is 0 Å². The molecule has 0 saturated heterocycles. The minimum absolute atomic E-state index is 0.0492. The van der Waals surface area contributed by atoms with Gasteiger partial charge in [0.15, 0.2) is 0 Å². The molecule has 0 unspecified atom stereocenters. The predicted octanol–water partition coefficient (Wildman–Crippen LogP) is 1.50. The maximum absolute atomic E-state index is 13.8. The van der Waals surface area contributed by atoms with Crippen molar-refractivity contribution in [2.24, 2.45) is 0 Å². The number of anilines is 1. The van der Waals surface area contributed by atoms with E-state index in [1.54, 1.807) is 0 Å². The smallest absolute Gasteiger partial charge is 0.342 e. The Morgan fingerprint density at radius 1 is 1.67 bits per heavy atom. The van der Waals surface area contributed by atoms with Crippen molar-refractivity contribution in [3.05, 3.63) is 23.0 Å².